The number of pyridine rings is 1. The molecule has 0 radical (unpaired) electrons. The van der Waals surface area contributed by atoms with Crippen LogP contribution in [0.2, 0.25) is 0 Å². The number of likely N-dealkylation sites (tertiary alicyclic amines) is 1. The van der Waals surface area contributed by atoms with Crippen molar-refractivity contribution in [2.24, 2.45) is 0 Å². The molecule has 132 valence electrons. The van der Waals surface area contributed by atoms with Gasteiger partial charge in [0.25, 0.3) is 11.6 Å². The number of nitrogens with zero attached hydrogens (tertiary/aromatic N) is 3. The normalized spacial score (nSPS) is 22.8. The number of ether oxygens (including phenoxy) is 1. The summed E-state index contributed by atoms with van der Waals surface area (Å²) in [5.41, 5.74) is 2.93. The molecule has 0 atom stereocenters. The second kappa shape index (κ2) is 5.53. The molecule has 0 bridgehead atoms. The lowest BCUT2D eigenvalue weighted by Gasteiger charge is -2.38. The molecule has 6 nitrogen and oxygen atoms in total. The summed E-state index contributed by atoms with van der Waals surface area (Å²) in [6.45, 7) is 4.25. The van der Waals surface area contributed by atoms with Gasteiger partial charge in [0.1, 0.15) is 0 Å². The predicted octanol–water partition coefficient (Wildman–Crippen LogP) is 3.19. The molecule has 0 N–H and O–H groups in total. The van der Waals surface area contributed by atoms with E-state index in [0.29, 0.717) is 17.2 Å². The fraction of sp³-hybridized carbons (Fsp3) is 0.632. The van der Waals surface area contributed by atoms with Crippen molar-refractivity contribution in [3.05, 3.63) is 23.0 Å². The zero-order valence-electron chi connectivity index (χ0n) is 14.6. The van der Waals surface area contributed by atoms with Crippen molar-refractivity contribution in [1.29, 1.82) is 0 Å². The van der Waals surface area contributed by atoms with Gasteiger partial charge in [0.2, 0.25) is 0 Å². The minimum absolute atomic E-state index is 0.0244. The Morgan fingerprint density at radius 2 is 2.08 bits per heavy atom. The Labute approximate surface area is 146 Å². The van der Waals surface area contributed by atoms with Crippen LogP contribution >= 0.6 is 0 Å². The number of rotatable bonds is 2. The average molecular weight is 341 g/mol. The third kappa shape index (κ3) is 2.54. The minimum Gasteiger partial charge on any atom is -0.375 e. The summed E-state index contributed by atoms with van der Waals surface area (Å²) >= 11 is 0. The number of piperidine rings is 1. The third-order valence-electron chi connectivity index (χ3n) is 6.01. The van der Waals surface area contributed by atoms with Gasteiger partial charge in [-0.2, -0.15) is 0 Å². The van der Waals surface area contributed by atoms with Gasteiger partial charge in [-0.15, -0.1) is 0 Å². The maximum atomic E-state index is 13.3. The highest BCUT2D eigenvalue weighted by atomic mass is 16.5. The average Bonchev–Trinajstić information content (AvgIpc) is 3.29. The lowest BCUT2D eigenvalue weighted by atomic mass is 9.88. The van der Waals surface area contributed by atoms with Gasteiger partial charge >= 0.3 is 0 Å². The molecule has 4 heterocycles. The van der Waals surface area contributed by atoms with Crippen LogP contribution in [0.3, 0.4) is 0 Å². The maximum absolute atomic E-state index is 13.3. The van der Waals surface area contributed by atoms with Crippen LogP contribution in [0.4, 0.5) is 0 Å². The Balaban J connectivity index is 1.46. The first-order valence-corrected chi connectivity index (χ1v) is 9.35. The molecule has 6 heteroatoms. The Hall–Kier alpha value is -1.95. The number of fused-ring (bicyclic) bond motifs is 1. The maximum Gasteiger partial charge on any atom is 0.259 e. The molecule has 1 amide bonds. The van der Waals surface area contributed by atoms with Crippen LogP contribution in [-0.4, -0.2) is 46.2 Å². The molecule has 0 aromatic carbocycles. The summed E-state index contributed by atoms with van der Waals surface area (Å²) in [4.78, 5) is 19.8. The van der Waals surface area contributed by atoms with Crippen LogP contribution in [0.1, 0.15) is 66.2 Å². The highest BCUT2D eigenvalue weighted by molar-refractivity contribution is 6.06. The third-order valence-corrected chi connectivity index (χ3v) is 6.01. The standard InChI is InChI=1S/C19H23N3O3/c1-12-16-14(11-15(13-3-4-13)20-17(16)25-21-12)18(23)22-8-6-19(7-9-22)5-2-10-24-19/h11,13H,2-10H2,1H3. The van der Waals surface area contributed by atoms with Gasteiger partial charge in [-0.25, -0.2) is 4.98 Å². The van der Waals surface area contributed by atoms with Crippen molar-refractivity contribution in [2.75, 3.05) is 19.7 Å². The fourth-order valence-electron chi connectivity index (χ4n) is 4.31. The highest BCUT2D eigenvalue weighted by Crippen LogP contribution is 2.41. The number of hydrogen-bond donors (Lipinski definition) is 0. The predicted molar refractivity (Wildman–Crippen MR) is 91.6 cm³/mol. The highest BCUT2D eigenvalue weighted by Gasteiger charge is 2.40. The first-order valence-electron chi connectivity index (χ1n) is 9.35. The second-order valence-electron chi connectivity index (χ2n) is 7.74. The summed E-state index contributed by atoms with van der Waals surface area (Å²) in [6.07, 6.45) is 6.43. The van der Waals surface area contributed by atoms with E-state index in [1.807, 2.05) is 17.9 Å². The van der Waals surface area contributed by atoms with Gasteiger partial charge in [0.15, 0.2) is 0 Å². The van der Waals surface area contributed by atoms with E-state index >= 15 is 0 Å². The summed E-state index contributed by atoms with van der Waals surface area (Å²) in [5.74, 6) is 0.548. The van der Waals surface area contributed by atoms with E-state index in [0.717, 1.165) is 75.0 Å². The van der Waals surface area contributed by atoms with Crippen LogP contribution in [0.5, 0.6) is 0 Å². The van der Waals surface area contributed by atoms with Gasteiger partial charge < -0.3 is 14.2 Å². The molecule has 2 aromatic heterocycles. The Kier molecular flexibility index (Phi) is 3.39. The Morgan fingerprint density at radius 1 is 1.28 bits per heavy atom. The van der Waals surface area contributed by atoms with Gasteiger partial charge in [-0.1, -0.05) is 5.16 Å². The number of carbonyl (C=O) groups excluding carboxylic acids is 1. The molecule has 1 saturated carbocycles. The largest absolute Gasteiger partial charge is 0.375 e. The fourth-order valence-corrected chi connectivity index (χ4v) is 4.31. The molecular weight excluding hydrogens is 318 g/mol. The van der Waals surface area contributed by atoms with E-state index in [-0.39, 0.29) is 11.5 Å². The lowest BCUT2D eigenvalue weighted by molar-refractivity contribution is -0.0387. The first kappa shape index (κ1) is 15.3. The van der Waals surface area contributed by atoms with Gasteiger partial charge in [0.05, 0.1) is 22.2 Å². The minimum atomic E-state index is 0.0244. The molecule has 3 aliphatic rings. The van der Waals surface area contributed by atoms with Crippen molar-refractivity contribution >= 4 is 17.0 Å². The van der Waals surface area contributed by atoms with E-state index in [1.54, 1.807) is 0 Å². The molecule has 2 aromatic rings. The summed E-state index contributed by atoms with van der Waals surface area (Å²) in [6, 6.07) is 1.98. The van der Waals surface area contributed by atoms with Crippen molar-refractivity contribution in [3.63, 3.8) is 0 Å². The van der Waals surface area contributed by atoms with Crippen LogP contribution in [0.15, 0.2) is 10.6 Å². The Bertz CT molecular complexity index is 824. The number of aryl methyl sites for hydroxylation is 1. The Morgan fingerprint density at radius 3 is 2.76 bits per heavy atom. The molecule has 2 saturated heterocycles. The van der Waals surface area contributed by atoms with Crippen molar-refractivity contribution in [2.45, 2.75) is 57.0 Å². The quantitative estimate of drug-likeness (QED) is 0.839. The lowest BCUT2D eigenvalue weighted by Crippen LogP contribution is -2.46. The van der Waals surface area contributed by atoms with Crippen molar-refractivity contribution < 1.29 is 14.1 Å². The van der Waals surface area contributed by atoms with E-state index in [2.05, 4.69) is 10.1 Å². The number of amides is 1. The van der Waals surface area contributed by atoms with E-state index < -0.39 is 0 Å². The molecule has 5 rings (SSSR count). The first-order chi connectivity index (χ1) is 12.2. The van der Waals surface area contributed by atoms with Gasteiger partial charge in [-0.05, 0) is 51.5 Å². The summed E-state index contributed by atoms with van der Waals surface area (Å²) < 4.78 is 11.3. The second-order valence-corrected chi connectivity index (χ2v) is 7.74. The van der Waals surface area contributed by atoms with Crippen molar-refractivity contribution in [3.8, 4) is 0 Å². The number of hydrogen-bond acceptors (Lipinski definition) is 5. The molecule has 2 aliphatic heterocycles. The van der Waals surface area contributed by atoms with E-state index in [1.165, 1.54) is 0 Å². The zero-order valence-corrected chi connectivity index (χ0v) is 14.6. The molecule has 25 heavy (non-hydrogen) atoms. The van der Waals surface area contributed by atoms with Gasteiger partial charge in [0, 0.05) is 31.3 Å². The zero-order chi connectivity index (χ0) is 17.0. The van der Waals surface area contributed by atoms with Crippen LogP contribution in [0, 0.1) is 6.92 Å². The molecule has 3 fully saturated rings. The number of aromatic nitrogens is 2. The smallest absolute Gasteiger partial charge is 0.259 e. The molecule has 1 aliphatic carbocycles. The molecular formula is C19H23N3O3. The van der Waals surface area contributed by atoms with Crippen LogP contribution in [-0.2, 0) is 4.74 Å². The van der Waals surface area contributed by atoms with E-state index in [4.69, 9.17) is 9.26 Å². The van der Waals surface area contributed by atoms with Crippen LogP contribution < -0.4 is 0 Å². The topological polar surface area (TPSA) is 68.5 Å². The number of carbonyl (C=O) groups is 1. The summed E-state index contributed by atoms with van der Waals surface area (Å²) in [7, 11) is 0. The summed E-state index contributed by atoms with van der Waals surface area (Å²) in [5, 5.41) is 4.80. The van der Waals surface area contributed by atoms with Gasteiger partial charge in [-0.3, -0.25) is 4.79 Å². The monoisotopic (exact) mass is 341 g/mol. The molecule has 1 spiro atoms. The van der Waals surface area contributed by atoms with Crippen LogP contribution in [0.25, 0.3) is 11.1 Å². The van der Waals surface area contributed by atoms with E-state index in [9.17, 15) is 4.79 Å². The SMILES string of the molecule is Cc1noc2nc(C3CC3)cc(C(=O)N3CCC4(CCCO4)CC3)c12. The van der Waals surface area contributed by atoms with Crippen molar-refractivity contribution in [1.82, 2.24) is 15.0 Å². The molecule has 0 unspecified atom stereocenters.